The first-order valence-electron chi connectivity index (χ1n) is 8.18. The zero-order valence-electron chi connectivity index (χ0n) is 14.5. The third-order valence-electron chi connectivity index (χ3n) is 4.36. The quantitative estimate of drug-likeness (QED) is 0.901. The van der Waals surface area contributed by atoms with Crippen molar-refractivity contribution in [2.75, 3.05) is 6.61 Å². The first-order valence-corrected chi connectivity index (χ1v) is 8.18. The van der Waals surface area contributed by atoms with Gasteiger partial charge in [0.2, 0.25) is 0 Å². The maximum Gasteiger partial charge on any atom is 0.315 e. The molecule has 0 saturated carbocycles. The lowest BCUT2D eigenvalue weighted by Gasteiger charge is -2.21. The third kappa shape index (κ3) is 3.46. The largest absolute Gasteiger partial charge is 0.466 e. The number of nitrogens with one attached hydrogen (secondary N) is 2. The number of rotatable bonds is 4. The number of aryl methyl sites for hydroxylation is 3. The summed E-state index contributed by atoms with van der Waals surface area (Å²) in [6.07, 6.45) is 4.33. The van der Waals surface area contributed by atoms with Gasteiger partial charge in [-0.3, -0.25) is 4.68 Å². The molecule has 24 heavy (non-hydrogen) atoms. The van der Waals surface area contributed by atoms with E-state index in [0.29, 0.717) is 6.61 Å². The summed E-state index contributed by atoms with van der Waals surface area (Å²) in [5.41, 5.74) is 1.98. The molecule has 1 fully saturated rings. The minimum absolute atomic E-state index is 0.0615. The number of carbonyl (C=O) groups is 1. The first kappa shape index (κ1) is 16.6. The summed E-state index contributed by atoms with van der Waals surface area (Å²) < 4.78 is 13.0. The molecule has 3 heterocycles. The van der Waals surface area contributed by atoms with Crippen LogP contribution in [0.3, 0.4) is 0 Å². The first-order chi connectivity index (χ1) is 11.4. The molecule has 2 N–H and O–H groups in total. The van der Waals surface area contributed by atoms with Gasteiger partial charge in [-0.05, 0) is 33.3 Å². The molecule has 1 aliphatic rings. The van der Waals surface area contributed by atoms with Gasteiger partial charge in [0.15, 0.2) is 0 Å². The molecule has 0 spiro atoms. The molecule has 7 heteroatoms. The Bertz CT molecular complexity index is 721. The Kier molecular flexibility index (Phi) is 4.62. The Morgan fingerprint density at radius 1 is 1.46 bits per heavy atom. The molecule has 1 unspecified atom stereocenters. The molecular formula is C17H24N4O3. The predicted octanol–water partition coefficient (Wildman–Crippen LogP) is 2.52. The highest BCUT2D eigenvalue weighted by Gasteiger charge is 2.32. The highest BCUT2D eigenvalue weighted by atomic mass is 16.5. The summed E-state index contributed by atoms with van der Waals surface area (Å²) >= 11 is 0. The molecule has 130 valence electrons. The van der Waals surface area contributed by atoms with Crippen molar-refractivity contribution in [2.45, 2.75) is 45.4 Å². The van der Waals surface area contributed by atoms with E-state index in [-0.39, 0.29) is 24.2 Å². The molecule has 0 aliphatic carbocycles. The fourth-order valence-electron chi connectivity index (χ4n) is 3.22. The van der Waals surface area contributed by atoms with Crippen LogP contribution in [0.2, 0.25) is 0 Å². The fraction of sp³-hybridized carbons (Fsp3) is 0.529. The second kappa shape index (κ2) is 6.68. The molecule has 2 aromatic heterocycles. The van der Waals surface area contributed by atoms with Crippen LogP contribution in [0.1, 0.15) is 48.1 Å². The van der Waals surface area contributed by atoms with Gasteiger partial charge in [-0.1, -0.05) is 0 Å². The Morgan fingerprint density at radius 2 is 2.25 bits per heavy atom. The molecule has 1 aliphatic heterocycles. The summed E-state index contributed by atoms with van der Waals surface area (Å²) in [4.78, 5) is 12.4. The number of hydrogen-bond donors (Lipinski definition) is 2. The summed E-state index contributed by atoms with van der Waals surface area (Å²) in [7, 11) is 1.87. The summed E-state index contributed by atoms with van der Waals surface area (Å²) in [5, 5.41) is 10.2. The van der Waals surface area contributed by atoms with Crippen LogP contribution in [-0.2, 0) is 11.8 Å². The topological polar surface area (TPSA) is 81.3 Å². The van der Waals surface area contributed by atoms with Crippen LogP contribution in [0.25, 0.3) is 0 Å². The SMILES string of the molecule is Cc1cc(C(C)NC(=O)N[C@H]2CCO[C@@H]2c2cnn(C)c2)c(C)o1. The molecule has 0 bridgehead atoms. The number of aromatic nitrogens is 2. The smallest absolute Gasteiger partial charge is 0.315 e. The average Bonchev–Trinajstić information content (AvgIpc) is 3.19. The molecule has 1 saturated heterocycles. The van der Waals surface area contributed by atoms with Gasteiger partial charge in [0.05, 0.1) is 18.3 Å². The summed E-state index contributed by atoms with van der Waals surface area (Å²) in [6, 6.07) is 1.57. The van der Waals surface area contributed by atoms with E-state index in [2.05, 4.69) is 15.7 Å². The van der Waals surface area contributed by atoms with Crippen LogP contribution in [0.5, 0.6) is 0 Å². The monoisotopic (exact) mass is 332 g/mol. The summed E-state index contributed by atoms with van der Waals surface area (Å²) in [6.45, 7) is 6.38. The average molecular weight is 332 g/mol. The van der Waals surface area contributed by atoms with E-state index in [9.17, 15) is 4.79 Å². The van der Waals surface area contributed by atoms with Gasteiger partial charge >= 0.3 is 6.03 Å². The number of urea groups is 1. The maximum atomic E-state index is 12.4. The molecular weight excluding hydrogens is 308 g/mol. The minimum atomic E-state index is -0.204. The normalized spacial score (nSPS) is 21.7. The lowest BCUT2D eigenvalue weighted by molar-refractivity contribution is 0.0998. The number of hydrogen-bond acceptors (Lipinski definition) is 4. The lowest BCUT2D eigenvalue weighted by Crippen LogP contribution is -2.44. The molecule has 3 rings (SSSR count). The van der Waals surface area contributed by atoms with E-state index in [4.69, 9.17) is 9.15 Å². The van der Waals surface area contributed by atoms with Crippen LogP contribution in [0, 0.1) is 13.8 Å². The van der Waals surface area contributed by atoms with Crippen LogP contribution >= 0.6 is 0 Å². The van der Waals surface area contributed by atoms with Crippen LogP contribution in [-0.4, -0.2) is 28.5 Å². The van der Waals surface area contributed by atoms with Gasteiger partial charge in [0.25, 0.3) is 0 Å². The van der Waals surface area contributed by atoms with Crippen molar-refractivity contribution in [1.82, 2.24) is 20.4 Å². The van der Waals surface area contributed by atoms with E-state index >= 15 is 0 Å². The number of furan rings is 1. The van der Waals surface area contributed by atoms with Crippen molar-refractivity contribution in [3.8, 4) is 0 Å². The van der Waals surface area contributed by atoms with E-state index in [1.807, 2.05) is 40.1 Å². The Morgan fingerprint density at radius 3 is 2.88 bits per heavy atom. The van der Waals surface area contributed by atoms with E-state index in [0.717, 1.165) is 29.1 Å². The van der Waals surface area contributed by atoms with Gasteiger partial charge in [0, 0.05) is 31.0 Å². The van der Waals surface area contributed by atoms with Crippen LogP contribution < -0.4 is 10.6 Å². The standard InChI is InChI=1S/C17H24N4O3/c1-10-7-14(12(3)24-10)11(2)19-17(22)20-15-5-6-23-16(15)13-8-18-21(4)9-13/h7-9,11,15-16H,5-6H2,1-4H3,(H2,19,20,22)/t11?,15-,16+/m0/s1. The zero-order valence-corrected chi connectivity index (χ0v) is 14.5. The van der Waals surface area contributed by atoms with Crippen molar-refractivity contribution in [2.24, 2.45) is 7.05 Å². The highest BCUT2D eigenvalue weighted by molar-refractivity contribution is 5.75. The number of amides is 2. The Balaban J connectivity index is 1.60. The Labute approximate surface area is 141 Å². The van der Waals surface area contributed by atoms with Crippen molar-refractivity contribution in [3.63, 3.8) is 0 Å². The number of nitrogens with zero attached hydrogens (tertiary/aromatic N) is 2. The molecule has 2 aromatic rings. The van der Waals surface area contributed by atoms with Crippen LogP contribution in [0.15, 0.2) is 22.9 Å². The summed E-state index contributed by atoms with van der Waals surface area (Å²) in [5.74, 6) is 1.68. The second-order valence-corrected chi connectivity index (χ2v) is 6.34. The highest BCUT2D eigenvalue weighted by Crippen LogP contribution is 2.29. The van der Waals surface area contributed by atoms with Crippen molar-refractivity contribution >= 4 is 6.03 Å². The second-order valence-electron chi connectivity index (χ2n) is 6.34. The van der Waals surface area contributed by atoms with E-state index < -0.39 is 0 Å². The molecule has 3 atom stereocenters. The maximum absolute atomic E-state index is 12.4. The van der Waals surface area contributed by atoms with Crippen molar-refractivity contribution in [1.29, 1.82) is 0 Å². The van der Waals surface area contributed by atoms with Gasteiger partial charge in [-0.15, -0.1) is 0 Å². The Hall–Kier alpha value is -2.28. The van der Waals surface area contributed by atoms with Crippen LogP contribution in [0.4, 0.5) is 4.79 Å². The van der Waals surface area contributed by atoms with Gasteiger partial charge in [-0.2, -0.15) is 5.10 Å². The molecule has 0 aromatic carbocycles. The molecule has 2 amide bonds. The van der Waals surface area contributed by atoms with Gasteiger partial charge in [-0.25, -0.2) is 4.79 Å². The molecule has 0 radical (unpaired) electrons. The molecule has 7 nitrogen and oxygen atoms in total. The zero-order chi connectivity index (χ0) is 17.3. The van der Waals surface area contributed by atoms with E-state index in [1.54, 1.807) is 10.9 Å². The van der Waals surface area contributed by atoms with E-state index in [1.165, 1.54) is 0 Å². The number of ether oxygens (including phenoxy) is 1. The van der Waals surface area contributed by atoms with Crippen molar-refractivity contribution < 1.29 is 13.9 Å². The minimum Gasteiger partial charge on any atom is -0.466 e. The third-order valence-corrected chi connectivity index (χ3v) is 4.36. The predicted molar refractivity (Wildman–Crippen MR) is 88.6 cm³/mol. The fourth-order valence-corrected chi connectivity index (χ4v) is 3.22. The van der Waals surface area contributed by atoms with Gasteiger partial charge in [0.1, 0.15) is 17.6 Å². The van der Waals surface area contributed by atoms with Gasteiger partial charge < -0.3 is 19.8 Å². The van der Waals surface area contributed by atoms with Crippen molar-refractivity contribution in [3.05, 3.63) is 41.1 Å². The lowest BCUT2D eigenvalue weighted by atomic mass is 10.1. The number of carbonyl (C=O) groups excluding carboxylic acids is 1.